The number of carbonyl (C=O) groups excluding carboxylic acids is 2. The third-order valence-corrected chi connectivity index (χ3v) is 5.24. The van der Waals surface area contributed by atoms with Crippen LogP contribution in [0.2, 0.25) is 0 Å². The summed E-state index contributed by atoms with van der Waals surface area (Å²) in [6.07, 6.45) is -4.16. The van der Waals surface area contributed by atoms with E-state index in [1.54, 1.807) is 0 Å². The molecule has 0 amide bonds. The van der Waals surface area contributed by atoms with Crippen LogP contribution in [0.15, 0.2) is 24.3 Å². The second-order valence-electron chi connectivity index (χ2n) is 7.61. The Labute approximate surface area is 206 Å². The third-order valence-electron chi connectivity index (χ3n) is 5.24. The molecule has 3 aromatic carbocycles. The summed E-state index contributed by atoms with van der Waals surface area (Å²) in [6.45, 7) is 1.53. The first-order valence-electron chi connectivity index (χ1n) is 10.2. The fraction of sp³-hybridized carbons (Fsp3) is 0.167. The number of benzene rings is 3. The number of ether oxygens (including phenoxy) is 2. The van der Waals surface area contributed by atoms with E-state index < -0.39 is 105 Å². The molecule has 4 nitrogen and oxygen atoms in total. The maximum absolute atomic E-state index is 14.0. The molecule has 0 radical (unpaired) electrons. The number of carbonyl (C=O) groups is 2. The molecule has 0 spiro atoms. The van der Waals surface area contributed by atoms with Crippen LogP contribution in [-0.4, -0.2) is 11.9 Å². The average Bonchev–Trinajstić information content (AvgIpc) is 2.88. The third kappa shape index (κ3) is 4.89. The van der Waals surface area contributed by atoms with Crippen molar-refractivity contribution in [2.45, 2.75) is 26.1 Å². The van der Waals surface area contributed by atoms with Gasteiger partial charge in [0.1, 0.15) is 12.2 Å². The van der Waals surface area contributed by atoms with Gasteiger partial charge in [-0.1, -0.05) is 12.1 Å². The number of hydrogen-bond donors (Lipinski definition) is 0. The predicted octanol–water partition coefficient (Wildman–Crippen LogP) is 6.91. The molecule has 0 aromatic heterocycles. The summed E-state index contributed by atoms with van der Waals surface area (Å²) in [5, 5.41) is 0. The summed E-state index contributed by atoms with van der Waals surface area (Å²) < 4.78 is 146. The van der Waals surface area contributed by atoms with Gasteiger partial charge in [-0.3, -0.25) is 0 Å². The standard InChI is InChI=1S/C24H12F10O4/c1-7(11-13(25)17(29)21(33)18(30)14(11)26)37-23(35)9-5-3-4-6-10(9)24(36)38-8(2)12-15(27)19(31)22(34)20(32)16(12)28/h3-8H,1-2H3. The zero-order valence-electron chi connectivity index (χ0n) is 18.9. The minimum absolute atomic E-state index is 0.696. The topological polar surface area (TPSA) is 52.6 Å². The second kappa shape index (κ2) is 10.7. The molecule has 14 heteroatoms. The summed E-state index contributed by atoms with van der Waals surface area (Å²) in [6, 6.07) is 4.13. The van der Waals surface area contributed by atoms with Crippen molar-refractivity contribution >= 4 is 11.9 Å². The molecular weight excluding hydrogens is 542 g/mol. The lowest BCUT2D eigenvalue weighted by Gasteiger charge is -2.19. The number of hydrogen-bond acceptors (Lipinski definition) is 4. The van der Waals surface area contributed by atoms with Gasteiger partial charge in [0.05, 0.1) is 22.3 Å². The lowest BCUT2D eigenvalue weighted by atomic mass is 10.1. The molecule has 0 aliphatic rings. The van der Waals surface area contributed by atoms with Crippen molar-refractivity contribution in [3.05, 3.63) is 105 Å². The van der Waals surface area contributed by atoms with Crippen LogP contribution >= 0.6 is 0 Å². The molecule has 0 saturated carbocycles. The molecule has 3 aromatic rings. The quantitative estimate of drug-likeness (QED) is 0.144. The Bertz CT molecular complexity index is 1290. The molecule has 202 valence electrons. The highest BCUT2D eigenvalue weighted by Gasteiger charge is 2.33. The normalized spacial score (nSPS) is 12.7. The van der Waals surface area contributed by atoms with E-state index in [1.807, 2.05) is 0 Å². The van der Waals surface area contributed by atoms with Crippen LogP contribution in [0, 0.1) is 58.2 Å². The molecule has 0 fully saturated rings. The smallest absolute Gasteiger partial charge is 0.339 e. The van der Waals surface area contributed by atoms with E-state index in [4.69, 9.17) is 9.47 Å². The van der Waals surface area contributed by atoms with Crippen molar-refractivity contribution in [1.82, 2.24) is 0 Å². The minimum atomic E-state index is -2.45. The average molecular weight is 554 g/mol. The Balaban J connectivity index is 1.90. The predicted molar refractivity (Wildman–Crippen MR) is 107 cm³/mol. The zero-order valence-corrected chi connectivity index (χ0v) is 18.9. The van der Waals surface area contributed by atoms with Gasteiger partial charge in [0.25, 0.3) is 0 Å². The van der Waals surface area contributed by atoms with Crippen molar-refractivity contribution in [2.24, 2.45) is 0 Å². The van der Waals surface area contributed by atoms with Gasteiger partial charge < -0.3 is 9.47 Å². The molecule has 0 saturated heterocycles. The van der Waals surface area contributed by atoms with Crippen LogP contribution in [-0.2, 0) is 9.47 Å². The highest BCUT2D eigenvalue weighted by Crippen LogP contribution is 2.32. The van der Waals surface area contributed by atoms with Gasteiger partial charge in [-0.25, -0.2) is 53.5 Å². The largest absolute Gasteiger partial charge is 0.454 e. The van der Waals surface area contributed by atoms with E-state index >= 15 is 0 Å². The lowest BCUT2D eigenvalue weighted by Crippen LogP contribution is -2.19. The zero-order chi connectivity index (χ0) is 28.6. The monoisotopic (exact) mass is 554 g/mol. The molecule has 3 rings (SSSR count). The Morgan fingerprint density at radius 1 is 0.500 bits per heavy atom. The lowest BCUT2D eigenvalue weighted by molar-refractivity contribution is 0.0270. The first kappa shape index (κ1) is 28.5. The van der Waals surface area contributed by atoms with Gasteiger partial charge in [0, 0.05) is 0 Å². The van der Waals surface area contributed by atoms with Crippen molar-refractivity contribution < 1.29 is 63.0 Å². The summed E-state index contributed by atoms with van der Waals surface area (Å²) in [7, 11) is 0. The highest BCUT2D eigenvalue weighted by molar-refractivity contribution is 6.03. The Kier molecular flexibility index (Phi) is 8.03. The van der Waals surface area contributed by atoms with Gasteiger partial charge >= 0.3 is 11.9 Å². The molecule has 0 aliphatic carbocycles. The van der Waals surface area contributed by atoms with Crippen LogP contribution in [0.5, 0.6) is 0 Å². The molecule has 2 atom stereocenters. The van der Waals surface area contributed by atoms with Gasteiger partial charge in [-0.2, -0.15) is 0 Å². The molecule has 0 heterocycles. The van der Waals surface area contributed by atoms with Crippen LogP contribution in [0.25, 0.3) is 0 Å². The highest BCUT2D eigenvalue weighted by atomic mass is 19.2. The van der Waals surface area contributed by atoms with Crippen molar-refractivity contribution in [2.75, 3.05) is 0 Å². The second-order valence-corrected chi connectivity index (χ2v) is 7.61. The van der Waals surface area contributed by atoms with E-state index in [9.17, 15) is 53.5 Å². The SMILES string of the molecule is CC(OC(=O)c1ccccc1C(=O)OC(C)c1c(F)c(F)c(F)c(F)c1F)c1c(F)c(F)c(F)c(F)c1F. The summed E-state index contributed by atoms with van der Waals surface area (Å²) in [4.78, 5) is 25.2. The van der Waals surface area contributed by atoms with E-state index in [1.165, 1.54) is 0 Å². The summed E-state index contributed by atoms with van der Waals surface area (Å²) in [5.74, 6) is -26.2. The number of rotatable bonds is 6. The van der Waals surface area contributed by atoms with E-state index in [0.717, 1.165) is 38.1 Å². The molecule has 2 unspecified atom stereocenters. The first-order chi connectivity index (χ1) is 17.7. The molecular formula is C24H12F10O4. The summed E-state index contributed by atoms with van der Waals surface area (Å²) in [5.41, 5.74) is -4.37. The Morgan fingerprint density at radius 3 is 1.00 bits per heavy atom. The van der Waals surface area contributed by atoms with Crippen LogP contribution in [0.3, 0.4) is 0 Å². The Hall–Kier alpha value is -4.10. The maximum Gasteiger partial charge on any atom is 0.339 e. The maximum atomic E-state index is 14.0. The van der Waals surface area contributed by atoms with Gasteiger partial charge in [-0.05, 0) is 26.0 Å². The van der Waals surface area contributed by atoms with Crippen molar-refractivity contribution in [1.29, 1.82) is 0 Å². The Morgan fingerprint density at radius 2 is 0.737 bits per heavy atom. The number of halogens is 10. The van der Waals surface area contributed by atoms with Crippen molar-refractivity contribution in [3.8, 4) is 0 Å². The molecule has 0 N–H and O–H groups in total. The first-order valence-corrected chi connectivity index (χ1v) is 10.2. The van der Waals surface area contributed by atoms with Gasteiger partial charge in [-0.15, -0.1) is 0 Å². The fourth-order valence-electron chi connectivity index (χ4n) is 3.36. The fourth-order valence-corrected chi connectivity index (χ4v) is 3.36. The van der Waals surface area contributed by atoms with E-state index in [0.29, 0.717) is 0 Å². The minimum Gasteiger partial charge on any atom is -0.454 e. The number of esters is 2. The summed E-state index contributed by atoms with van der Waals surface area (Å²) >= 11 is 0. The molecule has 38 heavy (non-hydrogen) atoms. The van der Waals surface area contributed by atoms with E-state index in [-0.39, 0.29) is 0 Å². The van der Waals surface area contributed by atoms with Crippen LogP contribution in [0.1, 0.15) is 57.9 Å². The van der Waals surface area contributed by atoms with Crippen LogP contribution < -0.4 is 0 Å². The van der Waals surface area contributed by atoms with Crippen LogP contribution in [0.4, 0.5) is 43.9 Å². The van der Waals surface area contributed by atoms with Gasteiger partial charge in [0.2, 0.25) is 11.6 Å². The molecule has 0 aliphatic heterocycles. The van der Waals surface area contributed by atoms with Gasteiger partial charge in [0.15, 0.2) is 46.5 Å². The molecule has 0 bridgehead atoms. The van der Waals surface area contributed by atoms with E-state index in [2.05, 4.69) is 0 Å². The van der Waals surface area contributed by atoms with Crippen molar-refractivity contribution in [3.63, 3.8) is 0 Å².